The molecule has 4 atom stereocenters. The van der Waals surface area contributed by atoms with Gasteiger partial charge in [0.15, 0.2) is 0 Å². The van der Waals surface area contributed by atoms with Gasteiger partial charge in [0.1, 0.15) is 20.1 Å². The van der Waals surface area contributed by atoms with E-state index in [1.54, 1.807) is 0 Å². The fourth-order valence-electron chi connectivity index (χ4n) is 2.33. The van der Waals surface area contributed by atoms with Crippen LogP contribution in [-0.4, -0.2) is 43.4 Å². The molecular weight excluding hydrogens is 155 g/mol. The maximum absolute atomic E-state index is 9.88. The topological polar surface area (TPSA) is 38.7 Å². The predicted octanol–water partition coefficient (Wildman–Crippen LogP) is -0.726. The zero-order chi connectivity index (χ0) is 8.77. The molecule has 0 amide bonds. The van der Waals surface area contributed by atoms with Gasteiger partial charge in [0.2, 0.25) is 0 Å². The fraction of sp³-hybridized carbons (Fsp3) is 1.00. The second-order valence-electron chi connectivity index (χ2n) is 3.77. The molecule has 2 aliphatic rings. The molecule has 2 bridgehead atoms. The van der Waals surface area contributed by atoms with Crippen LogP contribution in [0.15, 0.2) is 0 Å². The summed E-state index contributed by atoms with van der Waals surface area (Å²) in [6.45, 7) is 2.78. The molecule has 12 heavy (non-hydrogen) atoms. The van der Waals surface area contributed by atoms with Crippen LogP contribution in [0.1, 0.15) is 19.8 Å². The van der Waals surface area contributed by atoms with Crippen molar-refractivity contribution in [3.05, 3.63) is 0 Å². The molecule has 2 heterocycles. The van der Waals surface area contributed by atoms with Crippen molar-refractivity contribution in [1.82, 2.24) is 0 Å². The molecule has 0 unspecified atom stereocenters. The number of rotatable bonds is 1. The van der Waals surface area contributed by atoms with Gasteiger partial charge in [-0.3, -0.25) is 0 Å². The number of fused-ring (bicyclic) bond motifs is 2. The van der Waals surface area contributed by atoms with Crippen molar-refractivity contribution in [1.29, 1.82) is 0 Å². The third kappa shape index (κ3) is 0.950. The Balaban J connectivity index is 2.24. The van der Waals surface area contributed by atoms with Gasteiger partial charge in [0.05, 0.1) is 18.2 Å². The van der Waals surface area contributed by atoms with E-state index in [9.17, 15) is 5.11 Å². The van der Waals surface area contributed by atoms with Crippen LogP contribution in [0.5, 0.6) is 0 Å². The Morgan fingerprint density at radius 1 is 1.67 bits per heavy atom. The molecule has 0 spiro atoms. The van der Waals surface area contributed by atoms with Crippen molar-refractivity contribution in [2.75, 3.05) is 6.61 Å². The lowest BCUT2D eigenvalue weighted by molar-refractivity contribution is -0.119. The van der Waals surface area contributed by atoms with Crippen LogP contribution in [0.3, 0.4) is 0 Å². The van der Waals surface area contributed by atoms with Gasteiger partial charge in [0.25, 0.3) is 0 Å². The standard InChI is InChI=1S/C8H15BO3/c1-2-8-3-4-11-5(6(8)10)7(9)12-8/h5-7,10H,2-4,9H2,1H3/t5-,6+,7-,8+/m1/s1. The SMILES string of the molecule is B[C@@H]1O[C@@]2(CC)CCO[C@@H]1[C@@H]2O. The predicted molar refractivity (Wildman–Crippen MR) is 46.8 cm³/mol. The van der Waals surface area contributed by atoms with E-state index < -0.39 is 6.10 Å². The van der Waals surface area contributed by atoms with Crippen molar-refractivity contribution in [2.45, 2.75) is 43.6 Å². The van der Waals surface area contributed by atoms with Gasteiger partial charge in [0, 0.05) is 6.42 Å². The zero-order valence-electron chi connectivity index (χ0n) is 7.62. The van der Waals surface area contributed by atoms with Gasteiger partial charge in [-0.05, 0) is 6.42 Å². The Labute approximate surface area is 73.5 Å². The van der Waals surface area contributed by atoms with Gasteiger partial charge in [-0.2, -0.15) is 0 Å². The Kier molecular flexibility index (Phi) is 1.94. The molecule has 0 saturated carbocycles. The van der Waals surface area contributed by atoms with E-state index >= 15 is 0 Å². The summed E-state index contributed by atoms with van der Waals surface area (Å²) in [6.07, 6.45) is 1.18. The third-order valence-corrected chi connectivity index (χ3v) is 3.17. The second kappa shape index (κ2) is 2.72. The molecule has 68 valence electrons. The molecule has 1 N–H and O–H groups in total. The molecule has 0 aliphatic carbocycles. The van der Waals surface area contributed by atoms with Crippen LogP contribution in [0.4, 0.5) is 0 Å². The first-order valence-electron chi connectivity index (χ1n) is 4.67. The summed E-state index contributed by atoms with van der Waals surface area (Å²) in [6, 6.07) is 0.0439. The monoisotopic (exact) mass is 170 g/mol. The molecule has 2 rings (SSSR count). The minimum Gasteiger partial charge on any atom is -0.387 e. The quantitative estimate of drug-likeness (QED) is 0.527. The second-order valence-corrected chi connectivity index (χ2v) is 3.77. The minimum atomic E-state index is -0.425. The highest BCUT2D eigenvalue weighted by Crippen LogP contribution is 2.40. The Hall–Kier alpha value is -0.0551. The first kappa shape index (κ1) is 8.54. The molecule has 4 heteroatoms. The van der Waals surface area contributed by atoms with E-state index in [0.29, 0.717) is 0 Å². The molecular formula is C8H15BO3. The van der Waals surface area contributed by atoms with E-state index in [-0.39, 0.29) is 17.7 Å². The summed E-state index contributed by atoms with van der Waals surface area (Å²) in [5, 5.41) is 9.88. The molecule has 0 aromatic rings. The van der Waals surface area contributed by atoms with Gasteiger partial charge in [-0.15, -0.1) is 0 Å². The molecule has 0 aromatic carbocycles. The summed E-state index contributed by atoms with van der Waals surface area (Å²) in [4.78, 5) is 0. The first-order valence-corrected chi connectivity index (χ1v) is 4.67. The number of hydrogen-bond acceptors (Lipinski definition) is 3. The summed E-state index contributed by atoms with van der Waals surface area (Å²) in [5.41, 5.74) is -0.303. The van der Waals surface area contributed by atoms with Crippen LogP contribution in [0, 0.1) is 0 Å². The van der Waals surface area contributed by atoms with Crippen LogP contribution in [0.25, 0.3) is 0 Å². The molecule has 3 nitrogen and oxygen atoms in total. The van der Waals surface area contributed by atoms with Crippen LogP contribution in [0.2, 0.25) is 0 Å². The van der Waals surface area contributed by atoms with Gasteiger partial charge >= 0.3 is 0 Å². The zero-order valence-corrected chi connectivity index (χ0v) is 7.62. The fourth-order valence-corrected chi connectivity index (χ4v) is 2.33. The van der Waals surface area contributed by atoms with Crippen molar-refractivity contribution in [3.8, 4) is 0 Å². The van der Waals surface area contributed by atoms with E-state index in [0.717, 1.165) is 19.4 Å². The highest BCUT2D eigenvalue weighted by atomic mass is 16.6. The Morgan fingerprint density at radius 3 is 3.00 bits per heavy atom. The maximum atomic E-state index is 9.88. The highest BCUT2D eigenvalue weighted by molar-refractivity contribution is 6.11. The van der Waals surface area contributed by atoms with Crippen LogP contribution >= 0.6 is 0 Å². The summed E-state index contributed by atoms with van der Waals surface area (Å²) in [5.74, 6) is 0. The van der Waals surface area contributed by atoms with Gasteiger partial charge < -0.3 is 14.6 Å². The summed E-state index contributed by atoms with van der Waals surface area (Å²) in [7, 11) is 1.97. The Bertz CT molecular complexity index is 187. The lowest BCUT2D eigenvalue weighted by Crippen LogP contribution is -2.48. The third-order valence-electron chi connectivity index (χ3n) is 3.17. The number of aliphatic hydroxyl groups is 1. The normalized spacial score (nSPS) is 52.7. The molecule has 2 fully saturated rings. The van der Waals surface area contributed by atoms with Crippen molar-refractivity contribution in [3.63, 3.8) is 0 Å². The molecule has 2 saturated heterocycles. The van der Waals surface area contributed by atoms with Crippen molar-refractivity contribution >= 4 is 7.85 Å². The first-order chi connectivity index (χ1) is 5.69. The van der Waals surface area contributed by atoms with Gasteiger partial charge in [-0.25, -0.2) is 0 Å². The maximum Gasteiger partial charge on any atom is 0.142 e. The van der Waals surface area contributed by atoms with E-state index in [2.05, 4.69) is 6.92 Å². The lowest BCUT2D eigenvalue weighted by Gasteiger charge is -2.35. The molecule has 0 radical (unpaired) electrons. The largest absolute Gasteiger partial charge is 0.387 e. The lowest BCUT2D eigenvalue weighted by atomic mass is 9.84. The van der Waals surface area contributed by atoms with E-state index in [1.165, 1.54) is 0 Å². The molecule has 2 aliphatic heterocycles. The average Bonchev–Trinajstić information content (AvgIpc) is 2.23. The van der Waals surface area contributed by atoms with Crippen molar-refractivity contribution < 1.29 is 14.6 Å². The summed E-state index contributed by atoms with van der Waals surface area (Å²) >= 11 is 0. The number of aliphatic hydroxyl groups excluding tert-OH is 1. The highest BCUT2D eigenvalue weighted by Gasteiger charge is 2.54. The number of hydrogen-bond donors (Lipinski definition) is 1. The average molecular weight is 170 g/mol. The van der Waals surface area contributed by atoms with E-state index in [1.807, 2.05) is 7.85 Å². The van der Waals surface area contributed by atoms with Crippen LogP contribution < -0.4 is 0 Å². The molecule has 0 aromatic heterocycles. The Morgan fingerprint density at radius 2 is 2.42 bits per heavy atom. The van der Waals surface area contributed by atoms with Crippen molar-refractivity contribution in [2.24, 2.45) is 0 Å². The van der Waals surface area contributed by atoms with Crippen LogP contribution in [-0.2, 0) is 9.47 Å². The van der Waals surface area contributed by atoms with E-state index in [4.69, 9.17) is 9.47 Å². The summed E-state index contributed by atoms with van der Waals surface area (Å²) < 4.78 is 11.2. The number of ether oxygens (including phenoxy) is 2. The van der Waals surface area contributed by atoms with Gasteiger partial charge in [-0.1, -0.05) is 6.92 Å². The minimum absolute atomic E-state index is 0.0439. The smallest absolute Gasteiger partial charge is 0.142 e.